The van der Waals surface area contributed by atoms with E-state index in [1.54, 1.807) is 0 Å². The summed E-state index contributed by atoms with van der Waals surface area (Å²) in [6.07, 6.45) is 4.54. The minimum atomic E-state index is 1.24. The topological polar surface area (TPSA) is 8.29 Å². The van der Waals surface area contributed by atoms with E-state index in [0.29, 0.717) is 0 Å². The number of rotatable bonds is 2. The minimum absolute atomic E-state index is 1.24. The molecule has 2 heteroatoms. The van der Waals surface area contributed by atoms with E-state index in [1.807, 2.05) is 0 Å². The highest BCUT2D eigenvalue weighted by Crippen LogP contribution is 2.36. The highest BCUT2D eigenvalue weighted by Gasteiger charge is 2.17. The van der Waals surface area contributed by atoms with Crippen molar-refractivity contribution in [2.75, 3.05) is 0 Å². The van der Waals surface area contributed by atoms with Gasteiger partial charge in [-0.05, 0) is 61.0 Å². The molecule has 2 nitrogen and oxygen atoms in total. The van der Waals surface area contributed by atoms with E-state index in [9.17, 15) is 0 Å². The van der Waals surface area contributed by atoms with Crippen LogP contribution in [0.15, 0.2) is 91.3 Å². The zero-order chi connectivity index (χ0) is 22.7. The summed E-state index contributed by atoms with van der Waals surface area (Å²) >= 11 is 0. The molecule has 0 bridgehead atoms. The number of aryl methyl sites for hydroxylation is 4. The molecule has 0 aliphatic rings. The Kier molecular flexibility index (Phi) is 4.38. The predicted octanol–water partition coefficient (Wildman–Crippen LogP) is 7.33. The second kappa shape index (κ2) is 7.31. The number of hydrogen-bond donors (Lipinski definition) is 0. The van der Waals surface area contributed by atoms with Crippen molar-refractivity contribution < 1.29 is 4.57 Å². The van der Waals surface area contributed by atoms with Crippen molar-refractivity contribution in [3.63, 3.8) is 0 Å². The molecule has 0 N–H and O–H groups in total. The number of pyridine rings is 2. The van der Waals surface area contributed by atoms with Gasteiger partial charge in [0, 0.05) is 39.7 Å². The summed E-state index contributed by atoms with van der Waals surface area (Å²) in [5.74, 6) is 0. The van der Waals surface area contributed by atoms with Gasteiger partial charge in [0.2, 0.25) is 5.69 Å². The molecule has 0 fully saturated rings. The van der Waals surface area contributed by atoms with E-state index < -0.39 is 0 Å². The van der Waals surface area contributed by atoms with Crippen LogP contribution >= 0.6 is 0 Å². The summed E-state index contributed by atoms with van der Waals surface area (Å²) in [6.45, 7) is 6.57. The van der Waals surface area contributed by atoms with Gasteiger partial charge in [-0.15, -0.1) is 0 Å². The van der Waals surface area contributed by atoms with Crippen molar-refractivity contribution in [3.05, 3.63) is 108 Å². The molecule has 0 radical (unpaired) electrons. The number of nitrogens with zero attached hydrogens (tertiary/aromatic N) is 2. The molecule has 160 valence electrons. The summed E-state index contributed by atoms with van der Waals surface area (Å²) in [5, 5.41) is 3.84. The van der Waals surface area contributed by atoms with Gasteiger partial charge in [-0.2, -0.15) is 0 Å². The van der Waals surface area contributed by atoms with Crippen LogP contribution in [0.3, 0.4) is 0 Å². The molecule has 0 spiro atoms. The lowest BCUT2D eigenvalue weighted by Crippen LogP contribution is -2.31. The van der Waals surface area contributed by atoms with Crippen molar-refractivity contribution in [1.82, 2.24) is 4.40 Å². The Bertz CT molecular complexity index is 1700. The largest absolute Gasteiger partial charge is 0.315 e. The van der Waals surface area contributed by atoms with Gasteiger partial charge in [-0.3, -0.25) is 0 Å². The van der Waals surface area contributed by atoms with Gasteiger partial charge >= 0.3 is 0 Å². The molecule has 3 aromatic carbocycles. The van der Waals surface area contributed by atoms with Gasteiger partial charge in [0.15, 0.2) is 6.20 Å². The lowest BCUT2D eigenvalue weighted by atomic mass is 9.94. The fourth-order valence-electron chi connectivity index (χ4n) is 5.11. The maximum absolute atomic E-state index is 2.36. The van der Waals surface area contributed by atoms with Crippen molar-refractivity contribution in [3.8, 4) is 22.4 Å². The van der Waals surface area contributed by atoms with Crippen LogP contribution in [0.5, 0.6) is 0 Å². The van der Waals surface area contributed by atoms with Gasteiger partial charge < -0.3 is 4.40 Å². The third-order valence-corrected chi connectivity index (χ3v) is 7.07. The monoisotopic (exact) mass is 427 g/mol. The van der Waals surface area contributed by atoms with Crippen LogP contribution in [0, 0.1) is 20.8 Å². The molecule has 0 amide bonds. The molecule has 0 unspecified atom stereocenters. The summed E-state index contributed by atoms with van der Waals surface area (Å²) in [6, 6.07) is 28.9. The average molecular weight is 428 g/mol. The van der Waals surface area contributed by atoms with Crippen LogP contribution in [-0.4, -0.2) is 4.40 Å². The molecular weight excluding hydrogens is 400 g/mol. The maximum Gasteiger partial charge on any atom is 0.212 e. The third-order valence-electron chi connectivity index (χ3n) is 7.07. The molecule has 6 rings (SSSR count). The van der Waals surface area contributed by atoms with Gasteiger partial charge in [-0.25, -0.2) is 4.57 Å². The van der Waals surface area contributed by atoms with Crippen LogP contribution in [0.2, 0.25) is 0 Å². The molecule has 6 aromatic rings. The minimum Gasteiger partial charge on any atom is -0.315 e. The zero-order valence-corrected chi connectivity index (χ0v) is 19.6. The standard InChI is InChI=1S/C31H27N2/c1-20-13-14-23(16-27(20)30-15-21(2)22(3)18-32(30)4)28-19-33-29-12-8-5-9-24(29)17-31(33)26-11-7-6-10-25(26)28/h5-19H,1-4H3/q+1. The van der Waals surface area contributed by atoms with Crippen LogP contribution in [-0.2, 0) is 7.05 Å². The highest BCUT2D eigenvalue weighted by atomic mass is 14.9. The number of para-hydroxylation sites is 1. The molecule has 0 saturated heterocycles. The Morgan fingerprint density at radius 1 is 0.636 bits per heavy atom. The Labute approximate surface area is 194 Å². The van der Waals surface area contributed by atoms with E-state index in [2.05, 4.69) is 128 Å². The van der Waals surface area contributed by atoms with Crippen molar-refractivity contribution >= 4 is 27.2 Å². The van der Waals surface area contributed by atoms with E-state index in [-0.39, 0.29) is 0 Å². The summed E-state index contributed by atoms with van der Waals surface area (Å²) < 4.78 is 4.59. The van der Waals surface area contributed by atoms with Crippen LogP contribution in [0.4, 0.5) is 0 Å². The normalized spacial score (nSPS) is 11.6. The number of benzene rings is 3. The fourth-order valence-corrected chi connectivity index (χ4v) is 5.11. The fraction of sp³-hybridized carbons (Fsp3) is 0.129. The molecule has 0 saturated carbocycles. The van der Waals surface area contributed by atoms with Crippen molar-refractivity contribution in [2.45, 2.75) is 20.8 Å². The smallest absolute Gasteiger partial charge is 0.212 e. The predicted molar refractivity (Wildman–Crippen MR) is 139 cm³/mol. The van der Waals surface area contributed by atoms with Gasteiger partial charge in [0.05, 0.1) is 11.0 Å². The van der Waals surface area contributed by atoms with E-state index in [0.717, 1.165) is 0 Å². The molecule has 33 heavy (non-hydrogen) atoms. The number of hydrogen-bond acceptors (Lipinski definition) is 0. The number of fused-ring (bicyclic) bond motifs is 5. The quantitative estimate of drug-likeness (QED) is 0.256. The first-order chi connectivity index (χ1) is 16.0. The second-order valence-electron chi connectivity index (χ2n) is 9.21. The average Bonchev–Trinajstić information content (AvgIpc) is 3.20. The highest BCUT2D eigenvalue weighted by molar-refractivity contribution is 6.08. The number of aromatic nitrogens is 2. The van der Waals surface area contributed by atoms with E-state index in [4.69, 9.17) is 0 Å². The third kappa shape index (κ3) is 3.06. The Balaban J connectivity index is 1.66. The molecule has 0 aliphatic carbocycles. The van der Waals surface area contributed by atoms with E-state index in [1.165, 1.54) is 66.3 Å². The van der Waals surface area contributed by atoms with Crippen molar-refractivity contribution in [2.24, 2.45) is 7.05 Å². The first-order valence-corrected chi connectivity index (χ1v) is 11.5. The Morgan fingerprint density at radius 2 is 1.39 bits per heavy atom. The summed E-state index contributed by atoms with van der Waals surface area (Å²) in [4.78, 5) is 0. The molecule has 0 atom stereocenters. The lowest BCUT2D eigenvalue weighted by Gasteiger charge is -2.13. The SMILES string of the molecule is Cc1cc(-c2cc(-c3cn4c5ccccc5cc4c4ccccc34)ccc2C)[n+](C)cc1C. The van der Waals surface area contributed by atoms with Gasteiger partial charge in [-0.1, -0.05) is 54.6 Å². The van der Waals surface area contributed by atoms with Crippen LogP contribution < -0.4 is 4.57 Å². The van der Waals surface area contributed by atoms with E-state index >= 15 is 0 Å². The lowest BCUT2D eigenvalue weighted by molar-refractivity contribution is -0.660. The zero-order valence-electron chi connectivity index (χ0n) is 19.6. The Morgan fingerprint density at radius 3 is 2.24 bits per heavy atom. The van der Waals surface area contributed by atoms with Crippen molar-refractivity contribution in [1.29, 1.82) is 0 Å². The Hall–Kier alpha value is -3.91. The second-order valence-corrected chi connectivity index (χ2v) is 9.21. The molecule has 3 aromatic heterocycles. The van der Waals surface area contributed by atoms with Crippen LogP contribution in [0.25, 0.3) is 49.6 Å². The maximum atomic E-state index is 2.36. The van der Waals surface area contributed by atoms with Gasteiger partial charge in [0.1, 0.15) is 7.05 Å². The van der Waals surface area contributed by atoms with Crippen LogP contribution in [0.1, 0.15) is 16.7 Å². The molecular formula is C31H27N2+. The molecule has 0 aliphatic heterocycles. The summed E-state index contributed by atoms with van der Waals surface area (Å²) in [7, 11) is 2.14. The van der Waals surface area contributed by atoms with Gasteiger partial charge in [0.25, 0.3) is 0 Å². The first kappa shape index (κ1) is 19.8. The molecule has 3 heterocycles. The summed E-state index contributed by atoms with van der Waals surface area (Å²) in [5.41, 5.74) is 11.4. The first-order valence-electron chi connectivity index (χ1n) is 11.5.